The van der Waals surface area contributed by atoms with Gasteiger partial charge in [0, 0.05) is 37.2 Å². The van der Waals surface area contributed by atoms with Gasteiger partial charge in [0.2, 0.25) is 0 Å². The third-order valence-electron chi connectivity index (χ3n) is 3.68. The molecule has 6 heteroatoms. The molecule has 0 bridgehead atoms. The molecule has 0 spiro atoms. The number of methoxy groups -OCH3 is 1. The minimum atomic E-state index is -0.0986. The Morgan fingerprint density at radius 2 is 2.04 bits per heavy atom. The Balaban J connectivity index is 1.88. The van der Waals surface area contributed by atoms with Gasteiger partial charge in [-0.05, 0) is 17.7 Å². The second kappa shape index (κ2) is 7.41. The van der Waals surface area contributed by atoms with Gasteiger partial charge >= 0.3 is 0 Å². The molecule has 2 aromatic heterocycles. The van der Waals surface area contributed by atoms with Crippen LogP contribution in [-0.2, 0) is 13.1 Å². The van der Waals surface area contributed by atoms with E-state index in [9.17, 15) is 4.79 Å². The molecular weight excluding hydrogens is 304 g/mol. The summed E-state index contributed by atoms with van der Waals surface area (Å²) >= 11 is 0. The highest BCUT2D eigenvalue weighted by molar-refractivity contribution is 5.93. The van der Waals surface area contributed by atoms with Gasteiger partial charge in [0.05, 0.1) is 18.9 Å². The van der Waals surface area contributed by atoms with Crippen LogP contribution in [-0.4, -0.2) is 33.1 Å². The molecule has 1 amide bonds. The van der Waals surface area contributed by atoms with Crippen molar-refractivity contribution in [2.24, 2.45) is 0 Å². The molecule has 0 aliphatic rings. The van der Waals surface area contributed by atoms with E-state index in [1.54, 1.807) is 30.6 Å². The van der Waals surface area contributed by atoms with E-state index < -0.39 is 0 Å². The van der Waals surface area contributed by atoms with Crippen LogP contribution < -0.4 is 4.74 Å². The number of hydrogen-bond acceptors (Lipinski definition) is 4. The number of para-hydroxylation sites is 1. The molecule has 3 rings (SSSR count). The molecule has 122 valence electrons. The summed E-state index contributed by atoms with van der Waals surface area (Å²) in [6.07, 6.45) is 6.60. The van der Waals surface area contributed by atoms with Crippen molar-refractivity contribution < 1.29 is 9.53 Å². The fraction of sp³-hybridized carbons (Fsp3) is 0.167. The maximum Gasteiger partial charge on any atom is 0.257 e. The normalized spacial score (nSPS) is 10.4. The highest BCUT2D eigenvalue weighted by Crippen LogP contribution is 2.21. The maximum absolute atomic E-state index is 12.8. The van der Waals surface area contributed by atoms with E-state index in [1.165, 1.54) is 6.20 Å². The summed E-state index contributed by atoms with van der Waals surface area (Å²) in [6, 6.07) is 11.5. The molecular formula is C18H18N4O2. The number of rotatable bonds is 6. The number of carbonyl (C=O) groups is 1. The zero-order valence-corrected chi connectivity index (χ0v) is 13.3. The quantitative estimate of drug-likeness (QED) is 0.757. The number of H-pyrrole nitrogens is 1. The topological polar surface area (TPSA) is 71.1 Å². The molecule has 0 radical (unpaired) electrons. The van der Waals surface area contributed by atoms with E-state index in [-0.39, 0.29) is 5.91 Å². The SMILES string of the molecule is COc1ccccc1CN(Cc1cccnc1)C(=O)c1cn[nH]c1. The Labute approximate surface area is 140 Å². The fourth-order valence-corrected chi connectivity index (χ4v) is 2.50. The first kappa shape index (κ1) is 15.7. The number of aromatic nitrogens is 3. The lowest BCUT2D eigenvalue weighted by Crippen LogP contribution is -2.30. The Morgan fingerprint density at radius 3 is 2.75 bits per heavy atom. The number of pyridine rings is 1. The van der Waals surface area contributed by atoms with Crippen LogP contribution in [0, 0.1) is 0 Å². The smallest absolute Gasteiger partial charge is 0.257 e. The largest absolute Gasteiger partial charge is 0.496 e. The Bertz CT molecular complexity index is 788. The van der Waals surface area contributed by atoms with Gasteiger partial charge in [0.15, 0.2) is 0 Å². The van der Waals surface area contributed by atoms with Crippen molar-refractivity contribution in [3.05, 3.63) is 77.9 Å². The van der Waals surface area contributed by atoms with Crippen LogP contribution in [0.5, 0.6) is 5.75 Å². The molecule has 0 atom stereocenters. The van der Waals surface area contributed by atoms with Gasteiger partial charge in [-0.2, -0.15) is 5.10 Å². The van der Waals surface area contributed by atoms with Crippen molar-refractivity contribution >= 4 is 5.91 Å². The van der Waals surface area contributed by atoms with E-state index in [0.717, 1.165) is 16.9 Å². The molecule has 3 aromatic rings. The van der Waals surface area contributed by atoms with Gasteiger partial charge in [-0.25, -0.2) is 0 Å². The minimum Gasteiger partial charge on any atom is -0.496 e. The van der Waals surface area contributed by atoms with Gasteiger partial charge in [-0.1, -0.05) is 24.3 Å². The highest BCUT2D eigenvalue weighted by Gasteiger charge is 2.19. The molecule has 0 saturated heterocycles. The van der Waals surface area contributed by atoms with Crippen LogP contribution in [0.2, 0.25) is 0 Å². The number of ether oxygens (including phenoxy) is 1. The predicted molar refractivity (Wildman–Crippen MR) is 89.4 cm³/mol. The lowest BCUT2D eigenvalue weighted by atomic mass is 10.1. The van der Waals surface area contributed by atoms with E-state index >= 15 is 0 Å². The molecule has 0 aliphatic carbocycles. The molecule has 2 heterocycles. The number of nitrogens with zero attached hydrogens (tertiary/aromatic N) is 3. The van der Waals surface area contributed by atoms with Crippen LogP contribution in [0.4, 0.5) is 0 Å². The second-order valence-corrected chi connectivity index (χ2v) is 5.32. The third kappa shape index (κ3) is 3.60. The first-order valence-electron chi connectivity index (χ1n) is 7.57. The summed E-state index contributed by atoms with van der Waals surface area (Å²) in [7, 11) is 1.63. The van der Waals surface area contributed by atoms with Gasteiger partial charge in [0.1, 0.15) is 5.75 Å². The standard InChI is InChI=1S/C18H18N4O2/c1-24-17-7-3-2-6-15(17)13-22(12-14-5-4-8-19-9-14)18(23)16-10-20-21-11-16/h2-11H,12-13H2,1H3,(H,20,21). The lowest BCUT2D eigenvalue weighted by Gasteiger charge is -2.23. The number of aromatic amines is 1. The van der Waals surface area contributed by atoms with Crippen LogP contribution in [0.15, 0.2) is 61.2 Å². The molecule has 24 heavy (non-hydrogen) atoms. The fourth-order valence-electron chi connectivity index (χ4n) is 2.50. The number of carbonyl (C=O) groups excluding carboxylic acids is 1. The van der Waals surface area contributed by atoms with Gasteiger partial charge in [0.25, 0.3) is 5.91 Å². The first-order valence-corrected chi connectivity index (χ1v) is 7.57. The number of hydrogen-bond donors (Lipinski definition) is 1. The zero-order chi connectivity index (χ0) is 16.8. The average molecular weight is 322 g/mol. The van der Waals surface area contributed by atoms with Crippen molar-refractivity contribution in [2.45, 2.75) is 13.1 Å². The maximum atomic E-state index is 12.8. The van der Waals surface area contributed by atoms with E-state index in [1.807, 2.05) is 36.4 Å². The second-order valence-electron chi connectivity index (χ2n) is 5.32. The Hall–Kier alpha value is -3.15. The first-order chi connectivity index (χ1) is 11.8. The van der Waals surface area contributed by atoms with Crippen molar-refractivity contribution in [3.63, 3.8) is 0 Å². The van der Waals surface area contributed by atoms with Crippen LogP contribution in [0.25, 0.3) is 0 Å². The number of nitrogens with one attached hydrogen (secondary N) is 1. The zero-order valence-electron chi connectivity index (χ0n) is 13.3. The Morgan fingerprint density at radius 1 is 1.17 bits per heavy atom. The molecule has 6 nitrogen and oxygen atoms in total. The molecule has 0 saturated carbocycles. The number of amides is 1. The summed E-state index contributed by atoms with van der Waals surface area (Å²) in [4.78, 5) is 18.7. The minimum absolute atomic E-state index is 0.0986. The molecule has 0 fully saturated rings. The van der Waals surface area contributed by atoms with E-state index in [4.69, 9.17) is 4.74 Å². The van der Waals surface area contributed by atoms with Crippen molar-refractivity contribution in [1.29, 1.82) is 0 Å². The number of benzene rings is 1. The van der Waals surface area contributed by atoms with Gasteiger partial charge < -0.3 is 9.64 Å². The highest BCUT2D eigenvalue weighted by atomic mass is 16.5. The molecule has 0 unspecified atom stereocenters. The molecule has 1 N–H and O–H groups in total. The van der Waals surface area contributed by atoms with Crippen molar-refractivity contribution in [1.82, 2.24) is 20.1 Å². The lowest BCUT2D eigenvalue weighted by molar-refractivity contribution is 0.0729. The summed E-state index contributed by atoms with van der Waals surface area (Å²) < 4.78 is 5.40. The van der Waals surface area contributed by atoms with Gasteiger partial charge in [-0.3, -0.25) is 14.9 Å². The van der Waals surface area contributed by atoms with Crippen LogP contribution >= 0.6 is 0 Å². The average Bonchev–Trinajstić information content (AvgIpc) is 3.16. The predicted octanol–water partition coefficient (Wildman–Crippen LogP) is 2.66. The molecule has 0 aliphatic heterocycles. The monoisotopic (exact) mass is 322 g/mol. The van der Waals surface area contributed by atoms with Crippen LogP contribution in [0.3, 0.4) is 0 Å². The van der Waals surface area contributed by atoms with E-state index in [0.29, 0.717) is 18.7 Å². The van der Waals surface area contributed by atoms with Gasteiger partial charge in [-0.15, -0.1) is 0 Å². The Kier molecular flexibility index (Phi) is 4.86. The van der Waals surface area contributed by atoms with Crippen molar-refractivity contribution in [3.8, 4) is 5.75 Å². The third-order valence-corrected chi connectivity index (χ3v) is 3.68. The molecule has 1 aromatic carbocycles. The summed E-state index contributed by atoms with van der Waals surface area (Å²) in [5.74, 6) is 0.659. The van der Waals surface area contributed by atoms with Crippen molar-refractivity contribution in [2.75, 3.05) is 7.11 Å². The summed E-state index contributed by atoms with van der Waals surface area (Å²) in [5.41, 5.74) is 2.43. The van der Waals surface area contributed by atoms with Crippen LogP contribution in [0.1, 0.15) is 21.5 Å². The van der Waals surface area contributed by atoms with E-state index in [2.05, 4.69) is 15.2 Å². The summed E-state index contributed by atoms with van der Waals surface area (Å²) in [5, 5.41) is 6.55. The summed E-state index contributed by atoms with van der Waals surface area (Å²) in [6.45, 7) is 0.888.